The number of hydrogen-bond donors (Lipinski definition) is 0. The predicted molar refractivity (Wildman–Crippen MR) is 89.3 cm³/mol. The zero-order valence-corrected chi connectivity index (χ0v) is 13.7. The largest absolute Gasteiger partial charge is 0.433 e. The van der Waals surface area contributed by atoms with E-state index in [0.29, 0.717) is 17.0 Å². The maximum Gasteiger partial charge on any atom is 0.433 e. The molecule has 1 aliphatic heterocycles. The Labute approximate surface area is 153 Å². The number of allylic oxidation sites excluding steroid dienone is 1. The third kappa shape index (κ3) is 2.96. The maximum atomic E-state index is 13.9. The first-order chi connectivity index (χ1) is 13.1. The van der Waals surface area contributed by atoms with Gasteiger partial charge in [0.05, 0.1) is 0 Å². The van der Waals surface area contributed by atoms with Crippen LogP contribution in [0.4, 0.5) is 42.2 Å². The van der Waals surface area contributed by atoms with E-state index in [9.17, 15) is 30.7 Å². The first kappa shape index (κ1) is 18.3. The molecule has 9 heteroatoms. The van der Waals surface area contributed by atoms with Gasteiger partial charge in [0, 0.05) is 11.1 Å². The fourth-order valence-corrected chi connectivity index (χ4v) is 3.17. The summed E-state index contributed by atoms with van der Waals surface area (Å²) in [7, 11) is 0. The van der Waals surface area contributed by atoms with E-state index in [1.165, 1.54) is 24.3 Å². The van der Waals surface area contributed by atoms with Crippen molar-refractivity contribution in [1.29, 1.82) is 0 Å². The molecule has 0 amide bonds. The first-order valence-electron chi connectivity index (χ1n) is 7.91. The van der Waals surface area contributed by atoms with Crippen LogP contribution >= 0.6 is 0 Å². The third-order valence-corrected chi connectivity index (χ3v) is 4.25. The molecular weight excluding hydrogens is 389 g/mol. The van der Waals surface area contributed by atoms with Crippen LogP contribution in [0.15, 0.2) is 54.2 Å². The summed E-state index contributed by atoms with van der Waals surface area (Å²) >= 11 is 0. The van der Waals surface area contributed by atoms with E-state index < -0.39 is 35.4 Å². The molecule has 0 unspecified atom stereocenters. The van der Waals surface area contributed by atoms with Gasteiger partial charge in [0.15, 0.2) is 0 Å². The van der Waals surface area contributed by atoms with Crippen molar-refractivity contribution >= 4 is 28.4 Å². The van der Waals surface area contributed by atoms with E-state index in [0.717, 1.165) is 12.1 Å². The van der Waals surface area contributed by atoms with Crippen LogP contribution in [0.2, 0.25) is 0 Å². The number of benzene rings is 2. The van der Waals surface area contributed by atoms with Gasteiger partial charge in [0.25, 0.3) is 0 Å². The third-order valence-electron chi connectivity index (χ3n) is 4.25. The van der Waals surface area contributed by atoms with Crippen molar-refractivity contribution in [3.63, 3.8) is 0 Å². The van der Waals surface area contributed by atoms with Crippen molar-refractivity contribution in [2.24, 2.45) is 0 Å². The van der Waals surface area contributed by atoms with Crippen molar-refractivity contribution in [3.05, 3.63) is 71.3 Å². The molecule has 2 aromatic carbocycles. The van der Waals surface area contributed by atoms with E-state index in [-0.39, 0.29) is 22.0 Å². The van der Waals surface area contributed by atoms with E-state index in [1.54, 1.807) is 6.07 Å². The number of pyridine rings is 1. The minimum atomic E-state index is -4.92. The number of para-hydroxylation sites is 1. The Morgan fingerprint density at radius 1 is 0.821 bits per heavy atom. The number of aromatic nitrogens is 1. The second kappa shape index (κ2) is 5.95. The topological polar surface area (TPSA) is 16.1 Å². The van der Waals surface area contributed by atoms with E-state index in [4.69, 9.17) is 0 Å². The molecule has 3 aromatic rings. The molecule has 0 saturated carbocycles. The van der Waals surface area contributed by atoms with Crippen LogP contribution in [0.25, 0.3) is 16.8 Å². The van der Waals surface area contributed by atoms with Crippen LogP contribution in [-0.4, -0.2) is 11.2 Å². The van der Waals surface area contributed by atoms with Crippen molar-refractivity contribution in [1.82, 2.24) is 4.98 Å². The lowest BCUT2D eigenvalue weighted by Crippen LogP contribution is -2.31. The van der Waals surface area contributed by atoms with Gasteiger partial charge < -0.3 is 0 Å². The normalized spacial score (nSPS) is 14.4. The zero-order chi connectivity index (χ0) is 20.3. The number of rotatable bonds is 1. The summed E-state index contributed by atoms with van der Waals surface area (Å²) in [5.41, 5.74) is -2.87. The number of nitrogens with zero attached hydrogens (tertiary/aromatic N) is 2. The Balaban J connectivity index is 2.13. The fourth-order valence-electron chi connectivity index (χ4n) is 3.17. The number of alkyl halides is 6. The molecule has 4 rings (SSSR count). The average molecular weight is 398 g/mol. The fraction of sp³-hybridized carbons (Fsp3) is 0.105. The van der Waals surface area contributed by atoms with Crippen molar-refractivity contribution in [2.75, 3.05) is 4.90 Å². The van der Waals surface area contributed by atoms with Gasteiger partial charge in [-0.3, -0.25) is 4.90 Å². The summed E-state index contributed by atoms with van der Waals surface area (Å²) in [6, 6.07) is 9.42. The monoisotopic (exact) mass is 398 g/mol. The average Bonchev–Trinajstić information content (AvgIpc) is 2.60. The Morgan fingerprint density at radius 2 is 1.50 bits per heavy atom. The molecule has 28 heavy (non-hydrogen) atoms. The lowest BCUT2D eigenvalue weighted by Gasteiger charge is -2.32. The van der Waals surface area contributed by atoms with Crippen molar-refractivity contribution in [3.8, 4) is 0 Å². The minimum Gasteiger partial charge on any atom is -0.290 e. The number of anilines is 2. The van der Waals surface area contributed by atoms with Gasteiger partial charge in [-0.2, -0.15) is 26.3 Å². The lowest BCUT2D eigenvalue weighted by atomic mass is 9.98. The smallest absolute Gasteiger partial charge is 0.290 e. The molecule has 2 nitrogen and oxygen atoms in total. The molecule has 0 spiro atoms. The molecule has 1 aliphatic rings. The molecule has 0 saturated heterocycles. The maximum absolute atomic E-state index is 13.9. The van der Waals surface area contributed by atoms with Gasteiger partial charge in [0.2, 0.25) is 0 Å². The van der Waals surface area contributed by atoms with Gasteiger partial charge in [-0.05, 0) is 47.4 Å². The molecule has 2 heterocycles. The Hall–Kier alpha value is -3.10. The number of hydrogen-bond acceptors (Lipinski definition) is 2. The minimum absolute atomic E-state index is 0.00579. The van der Waals surface area contributed by atoms with Crippen molar-refractivity contribution in [2.45, 2.75) is 12.4 Å². The van der Waals surface area contributed by atoms with E-state index in [1.807, 2.05) is 0 Å². The Morgan fingerprint density at radius 3 is 2.11 bits per heavy atom. The molecule has 144 valence electrons. The number of halogens is 7. The molecular formula is C19H9F7N2. The van der Waals surface area contributed by atoms with Gasteiger partial charge in [-0.25, -0.2) is 9.37 Å². The molecule has 0 aliphatic carbocycles. The summed E-state index contributed by atoms with van der Waals surface area (Å²) in [6.07, 6.45) is -9.12. The quantitative estimate of drug-likeness (QED) is 0.438. The Kier molecular flexibility index (Phi) is 3.88. The summed E-state index contributed by atoms with van der Waals surface area (Å²) in [6.45, 7) is 0. The summed E-state index contributed by atoms with van der Waals surface area (Å²) in [5.74, 6) is -1.50. The van der Waals surface area contributed by atoms with E-state index in [2.05, 4.69) is 4.98 Å². The highest BCUT2D eigenvalue weighted by molar-refractivity contribution is 6.04. The highest BCUT2D eigenvalue weighted by Crippen LogP contribution is 2.47. The van der Waals surface area contributed by atoms with Crippen molar-refractivity contribution < 1.29 is 30.7 Å². The molecule has 0 atom stereocenters. The summed E-state index contributed by atoms with van der Waals surface area (Å²) < 4.78 is 95.0. The highest BCUT2D eigenvalue weighted by atomic mass is 19.4. The van der Waals surface area contributed by atoms with E-state index >= 15 is 0 Å². The SMILES string of the molecule is Fc1cc2c3c(nc(C(F)(F)F)cc3c1)N(c1ccccc1)C(C(F)(F)F)=C2. The lowest BCUT2D eigenvalue weighted by molar-refractivity contribution is -0.141. The second-order valence-corrected chi connectivity index (χ2v) is 6.12. The molecule has 0 radical (unpaired) electrons. The van der Waals surface area contributed by atoms with Crippen LogP contribution in [-0.2, 0) is 6.18 Å². The second-order valence-electron chi connectivity index (χ2n) is 6.12. The van der Waals surface area contributed by atoms with Crippen LogP contribution in [0.1, 0.15) is 11.3 Å². The van der Waals surface area contributed by atoms with Gasteiger partial charge in [-0.15, -0.1) is 0 Å². The van der Waals surface area contributed by atoms with Crippen LogP contribution in [0, 0.1) is 5.82 Å². The molecule has 0 fully saturated rings. The summed E-state index contributed by atoms with van der Waals surface area (Å²) in [5, 5.41) is -0.183. The van der Waals surface area contributed by atoms with Crippen LogP contribution in [0.5, 0.6) is 0 Å². The molecule has 0 bridgehead atoms. The standard InChI is InChI=1S/C19H9F7N2/c20-12-6-10-8-14(18(21,22)23)27-17-16(10)11(7-12)9-15(19(24,25)26)28(17)13-4-2-1-3-5-13/h1-9H. The molecule has 0 N–H and O–H groups in total. The zero-order valence-electron chi connectivity index (χ0n) is 13.7. The van der Waals surface area contributed by atoms with Gasteiger partial charge in [-0.1, -0.05) is 18.2 Å². The first-order valence-corrected chi connectivity index (χ1v) is 7.91. The van der Waals surface area contributed by atoms with Gasteiger partial charge >= 0.3 is 12.4 Å². The summed E-state index contributed by atoms with van der Waals surface area (Å²) in [4.78, 5) is 4.11. The van der Waals surface area contributed by atoms with Crippen LogP contribution < -0.4 is 4.90 Å². The van der Waals surface area contributed by atoms with Gasteiger partial charge in [0.1, 0.15) is 23.0 Å². The predicted octanol–water partition coefficient (Wildman–Crippen LogP) is 6.45. The highest BCUT2D eigenvalue weighted by Gasteiger charge is 2.43. The Bertz CT molecular complexity index is 1100. The molecule has 1 aromatic heterocycles. The van der Waals surface area contributed by atoms with Crippen LogP contribution in [0.3, 0.4) is 0 Å².